The van der Waals surface area contributed by atoms with Gasteiger partial charge in [-0.05, 0) is 12.5 Å². The maximum absolute atomic E-state index is 8.81. The van der Waals surface area contributed by atoms with Crippen molar-refractivity contribution in [1.29, 1.82) is 0 Å². The molecule has 0 radical (unpaired) electrons. The van der Waals surface area contributed by atoms with Crippen LogP contribution in [0.5, 0.6) is 0 Å². The highest BCUT2D eigenvalue weighted by molar-refractivity contribution is 5.23. The summed E-state index contributed by atoms with van der Waals surface area (Å²) in [5.41, 5.74) is 2.17. The lowest BCUT2D eigenvalue weighted by molar-refractivity contribution is 0.284. The van der Waals surface area contributed by atoms with Crippen molar-refractivity contribution in [3.63, 3.8) is 0 Å². The van der Waals surface area contributed by atoms with E-state index in [1.807, 2.05) is 25.1 Å². The number of benzene rings is 1. The van der Waals surface area contributed by atoms with Gasteiger partial charge in [0, 0.05) is 12.8 Å². The Morgan fingerprint density at radius 3 is 2.69 bits per heavy atom. The fraction of sp³-hybridized carbons (Fsp3) is 0.308. The van der Waals surface area contributed by atoms with Crippen molar-refractivity contribution in [1.82, 2.24) is 4.98 Å². The summed E-state index contributed by atoms with van der Waals surface area (Å²) in [5, 5.41) is 8.81. The molecule has 0 unspecified atom stereocenters. The monoisotopic (exact) mass is 217 g/mol. The van der Waals surface area contributed by atoms with Crippen molar-refractivity contribution in [2.75, 3.05) is 6.61 Å². The smallest absolute Gasteiger partial charge is 0.196 e. The Kier molecular flexibility index (Phi) is 3.37. The third-order valence-electron chi connectivity index (χ3n) is 2.48. The van der Waals surface area contributed by atoms with Crippen LogP contribution in [0.1, 0.15) is 22.9 Å². The van der Waals surface area contributed by atoms with E-state index in [4.69, 9.17) is 9.52 Å². The number of aliphatic hydroxyl groups is 1. The van der Waals surface area contributed by atoms with E-state index in [1.165, 1.54) is 5.56 Å². The van der Waals surface area contributed by atoms with Crippen LogP contribution in [-0.4, -0.2) is 16.7 Å². The van der Waals surface area contributed by atoms with E-state index < -0.39 is 0 Å². The van der Waals surface area contributed by atoms with Crippen LogP contribution in [0.15, 0.2) is 34.7 Å². The number of aryl methyl sites for hydroxylation is 1. The molecule has 3 heteroatoms. The quantitative estimate of drug-likeness (QED) is 0.853. The lowest BCUT2D eigenvalue weighted by Crippen LogP contribution is -1.93. The number of hydrogen-bond acceptors (Lipinski definition) is 3. The van der Waals surface area contributed by atoms with Crippen LogP contribution in [-0.2, 0) is 12.8 Å². The molecule has 84 valence electrons. The van der Waals surface area contributed by atoms with Crippen LogP contribution in [0.2, 0.25) is 0 Å². The van der Waals surface area contributed by atoms with Gasteiger partial charge in [0.25, 0.3) is 0 Å². The SMILES string of the molecule is Cc1oc(CCO)nc1Cc1ccccc1. The Balaban J connectivity index is 2.15. The van der Waals surface area contributed by atoms with E-state index in [0.29, 0.717) is 12.3 Å². The Morgan fingerprint density at radius 1 is 1.25 bits per heavy atom. The highest BCUT2D eigenvalue weighted by Crippen LogP contribution is 2.14. The number of oxazole rings is 1. The maximum Gasteiger partial charge on any atom is 0.196 e. The van der Waals surface area contributed by atoms with E-state index in [9.17, 15) is 0 Å². The second kappa shape index (κ2) is 4.94. The third-order valence-corrected chi connectivity index (χ3v) is 2.48. The number of aromatic nitrogens is 1. The minimum atomic E-state index is 0.0741. The molecule has 0 atom stereocenters. The fourth-order valence-corrected chi connectivity index (χ4v) is 1.64. The van der Waals surface area contributed by atoms with Gasteiger partial charge in [-0.15, -0.1) is 0 Å². The molecule has 2 rings (SSSR count). The molecule has 0 saturated heterocycles. The van der Waals surface area contributed by atoms with Gasteiger partial charge in [-0.25, -0.2) is 4.98 Å². The predicted molar refractivity (Wildman–Crippen MR) is 61.3 cm³/mol. The minimum Gasteiger partial charge on any atom is -0.446 e. The molecule has 0 bridgehead atoms. The van der Waals surface area contributed by atoms with Crippen LogP contribution >= 0.6 is 0 Å². The minimum absolute atomic E-state index is 0.0741. The van der Waals surface area contributed by atoms with Crippen molar-refractivity contribution in [2.45, 2.75) is 19.8 Å². The molecule has 1 N–H and O–H groups in total. The number of hydrogen-bond donors (Lipinski definition) is 1. The summed E-state index contributed by atoms with van der Waals surface area (Å²) in [6, 6.07) is 10.2. The first-order valence-electron chi connectivity index (χ1n) is 5.39. The molecule has 2 aromatic rings. The van der Waals surface area contributed by atoms with Gasteiger partial charge in [-0.2, -0.15) is 0 Å². The Bertz CT molecular complexity index is 448. The highest BCUT2D eigenvalue weighted by atomic mass is 16.4. The number of aliphatic hydroxyl groups excluding tert-OH is 1. The Labute approximate surface area is 94.8 Å². The van der Waals surface area contributed by atoms with E-state index >= 15 is 0 Å². The summed E-state index contributed by atoms with van der Waals surface area (Å²) in [7, 11) is 0. The first-order valence-corrected chi connectivity index (χ1v) is 5.39. The maximum atomic E-state index is 8.81. The van der Waals surface area contributed by atoms with Crippen molar-refractivity contribution < 1.29 is 9.52 Å². The highest BCUT2D eigenvalue weighted by Gasteiger charge is 2.09. The topological polar surface area (TPSA) is 46.3 Å². The zero-order chi connectivity index (χ0) is 11.4. The molecule has 1 aromatic carbocycles. The largest absolute Gasteiger partial charge is 0.446 e. The molecule has 16 heavy (non-hydrogen) atoms. The number of nitrogens with zero attached hydrogens (tertiary/aromatic N) is 1. The van der Waals surface area contributed by atoms with Crippen LogP contribution in [0.4, 0.5) is 0 Å². The van der Waals surface area contributed by atoms with Gasteiger partial charge in [-0.1, -0.05) is 30.3 Å². The first-order chi connectivity index (χ1) is 7.79. The van der Waals surface area contributed by atoms with Crippen LogP contribution in [0.3, 0.4) is 0 Å². The van der Waals surface area contributed by atoms with E-state index in [2.05, 4.69) is 17.1 Å². The molecule has 0 aliphatic carbocycles. The number of rotatable bonds is 4. The molecule has 0 amide bonds. The summed E-state index contributed by atoms with van der Waals surface area (Å²) in [6.45, 7) is 1.98. The Morgan fingerprint density at radius 2 is 2.00 bits per heavy atom. The van der Waals surface area contributed by atoms with Gasteiger partial charge < -0.3 is 9.52 Å². The molecule has 1 aromatic heterocycles. The first kappa shape index (κ1) is 10.9. The second-order valence-electron chi connectivity index (χ2n) is 3.75. The van der Waals surface area contributed by atoms with E-state index in [-0.39, 0.29) is 6.61 Å². The second-order valence-corrected chi connectivity index (χ2v) is 3.75. The molecular weight excluding hydrogens is 202 g/mol. The average Bonchev–Trinajstić information content (AvgIpc) is 2.61. The van der Waals surface area contributed by atoms with Crippen molar-refractivity contribution in [3.8, 4) is 0 Å². The van der Waals surface area contributed by atoms with E-state index in [0.717, 1.165) is 17.9 Å². The lowest BCUT2D eigenvalue weighted by atomic mass is 10.1. The normalized spacial score (nSPS) is 10.6. The summed E-state index contributed by atoms with van der Waals surface area (Å²) < 4.78 is 5.46. The zero-order valence-electron chi connectivity index (χ0n) is 9.31. The fourth-order valence-electron chi connectivity index (χ4n) is 1.64. The molecule has 0 aliphatic rings. The lowest BCUT2D eigenvalue weighted by Gasteiger charge is -1.97. The molecule has 0 aliphatic heterocycles. The van der Waals surface area contributed by atoms with Gasteiger partial charge in [0.05, 0.1) is 12.3 Å². The van der Waals surface area contributed by atoms with Crippen LogP contribution < -0.4 is 0 Å². The summed E-state index contributed by atoms with van der Waals surface area (Å²) >= 11 is 0. The molecule has 0 saturated carbocycles. The summed E-state index contributed by atoms with van der Waals surface area (Å²) in [6.07, 6.45) is 1.26. The van der Waals surface area contributed by atoms with Gasteiger partial charge in [0.1, 0.15) is 5.76 Å². The summed E-state index contributed by atoms with van der Waals surface area (Å²) in [5.74, 6) is 1.46. The van der Waals surface area contributed by atoms with Crippen molar-refractivity contribution >= 4 is 0 Å². The van der Waals surface area contributed by atoms with Gasteiger partial charge in [-0.3, -0.25) is 0 Å². The predicted octanol–water partition coefficient (Wildman–Crippen LogP) is 2.11. The molecule has 0 fully saturated rings. The van der Waals surface area contributed by atoms with Gasteiger partial charge in [0.15, 0.2) is 5.89 Å². The molecule has 0 spiro atoms. The molecule has 1 heterocycles. The van der Waals surface area contributed by atoms with Crippen LogP contribution in [0.25, 0.3) is 0 Å². The zero-order valence-corrected chi connectivity index (χ0v) is 9.31. The molecule has 3 nitrogen and oxygen atoms in total. The van der Waals surface area contributed by atoms with Crippen LogP contribution in [0, 0.1) is 6.92 Å². The van der Waals surface area contributed by atoms with Gasteiger partial charge >= 0.3 is 0 Å². The van der Waals surface area contributed by atoms with Crippen molar-refractivity contribution in [2.24, 2.45) is 0 Å². The summed E-state index contributed by atoms with van der Waals surface area (Å²) in [4.78, 5) is 4.37. The average molecular weight is 217 g/mol. The van der Waals surface area contributed by atoms with Crippen molar-refractivity contribution in [3.05, 3.63) is 53.2 Å². The standard InChI is InChI=1S/C13H15NO2/c1-10-12(14-13(16-10)7-8-15)9-11-5-3-2-4-6-11/h2-6,15H,7-9H2,1H3. The molecular formula is C13H15NO2. The van der Waals surface area contributed by atoms with Gasteiger partial charge in [0.2, 0.25) is 0 Å². The Hall–Kier alpha value is -1.61. The third kappa shape index (κ3) is 2.49. The van der Waals surface area contributed by atoms with E-state index in [1.54, 1.807) is 0 Å².